The highest BCUT2D eigenvalue weighted by Gasteiger charge is 2.41. The summed E-state index contributed by atoms with van der Waals surface area (Å²) in [6.45, 7) is 16.3. The van der Waals surface area contributed by atoms with Crippen LogP contribution in [0.2, 0.25) is 0 Å². The van der Waals surface area contributed by atoms with Crippen LogP contribution in [0.4, 0.5) is 11.4 Å². The van der Waals surface area contributed by atoms with Gasteiger partial charge in [0.15, 0.2) is 5.84 Å². The largest absolute Gasteiger partial charge is 0.483 e. The summed E-state index contributed by atoms with van der Waals surface area (Å²) in [5, 5.41) is 7.82. The van der Waals surface area contributed by atoms with Gasteiger partial charge in [-0.25, -0.2) is 5.43 Å². The predicted octanol–water partition coefficient (Wildman–Crippen LogP) is 2.89. The van der Waals surface area contributed by atoms with Gasteiger partial charge in [-0.15, -0.1) is 0 Å². The number of hydrazone groups is 1. The maximum absolute atomic E-state index is 12.1. The number of allylic oxidation sites excluding steroid dienone is 2. The van der Waals surface area contributed by atoms with Gasteiger partial charge in [0.25, 0.3) is 5.91 Å². The van der Waals surface area contributed by atoms with Crippen LogP contribution < -0.4 is 20.4 Å². The van der Waals surface area contributed by atoms with Crippen LogP contribution in [0.25, 0.3) is 0 Å². The molecule has 1 amide bonds. The van der Waals surface area contributed by atoms with E-state index in [9.17, 15) is 4.79 Å². The summed E-state index contributed by atoms with van der Waals surface area (Å²) in [6, 6.07) is 5.97. The zero-order valence-corrected chi connectivity index (χ0v) is 17.8. The third-order valence-electron chi connectivity index (χ3n) is 6.00. The van der Waals surface area contributed by atoms with Gasteiger partial charge in [-0.2, -0.15) is 5.10 Å². The van der Waals surface area contributed by atoms with Crippen molar-refractivity contribution in [2.75, 3.05) is 29.9 Å². The molecule has 7 heteroatoms. The Hall–Kier alpha value is -3.06. The van der Waals surface area contributed by atoms with Crippen molar-refractivity contribution < 1.29 is 9.53 Å². The number of carbonyl (C=O) groups is 1. The Morgan fingerprint density at radius 2 is 2.23 bits per heavy atom. The standard InChI is InChI=1S/C23H29N5O2/c1-6-7-8-15(2)16(3)27-13-23(5,14-27)24-18-9-10-20-19(11-18)28-17(4)22(29)26-25-21(28)12-30-20/h6-11,16-17,24H,1-2,12-14H2,3-5H3,(H,26,29). The first kappa shape index (κ1) is 20.2. The maximum atomic E-state index is 12.1. The van der Waals surface area contributed by atoms with Gasteiger partial charge >= 0.3 is 0 Å². The molecule has 30 heavy (non-hydrogen) atoms. The van der Waals surface area contributed by atoms with Crippen molar-refractivity contribution in [1.29, 1.82) is 0 Å². The van der Waals surface area contributed by atoms with Crippen LogP contribution >= 0.6 is 0 Å². The molecule has 0 aromatic heterocycles. The van der Waals surface area contributed by atoms with Crippen LogP contribution in [-0.2, 0) is 4.79 Å². The molecule has 3 aliphatic rings. The predicted molar refractivity (Wildman–Crippen MR) is 121 cm³/mol. The fourth-order valence-electron chi connectivity index (χ4n) is 4.22. The van der Waals surface area contributed by atoms with E-state index in [1.807, 2.05) is 42.2 Å². The molecular weight excluding hydrogens is 378 g/mol. The van der Waals surface area contributed by atoms with Gasteiger partial charge in [-0.3, -0.25) is 9.69 Å². The number of anilines is 2. The number of hydrogen-bond acceptors (Lipinski definition) is 6. The monoisotopic (exact) mass is 407 g/mol. The van der Waals surface area contributed by atoms with Crippen LogP contribution in [0.1, 0.15) is 20.8 Å². The van der Waals surface area contributed by atoms with Crippen LogP contribution in [0.15, 0.2) is 60.3 Å². The van der Waals surface area contributed by atoms with Crippen molar-refractivity contribution in [2.24, 2.45) is 5.10 Å². The number of amidine groups is 1. The molecule has 1 saturated heterocycles. The van der Waals surface area contributed by atoms with E-state index >= 15 is 0 Å². The minimum Gasteiger partial charge on any atom is -0.483 e. The molecule has 0 spiro atoms. The average Bonchev–Trinajstić information content (AvgIpc) is 2.71. The van der Waals surface area contributed by atoms with Crippen molar-refractivity contribution in [1.82, 2.24) is 10.3 Å². The second-order valence-electron chi connectivity index (χ2n) is 8.46. The number of benzene rings is 1. The number of amides is 1. The normalized spacial score (nSPS) is 23.3. The second kappa shape index (κ2) is 7.65. The molecular formula is C23H29N5O2. The molecule has 1 aromatic rings. The van der Waals surface area contributed by atoms with Gasteiger partial charge in [0, 0.05) is 24.8 Å². The molecule has 158 valence electrons. The lowest BCUT2D eigenvalue weighted by Gasteiger charge is -2.52. The Kier molecular flexibility index (Phi) is 5.15. The molecule has 2 unspecified atom stereocenters. The van der Waals surface area contributed by atoms with E-state index in [0.717, 1.165) is 35.8 Å². The number of hydrogen-bond donors (Lipinski definition) is 2. The van der Waals surface area contributed by atoms with E-state index in [1.54, 1.807) is 6.08 Å². The summed E-state index contributed by atoms with van der Waals surface area (Å²) in [7, 11) is 0. The number of ether oxygens (including phenoxy) is 1. The van der Waals surface area contributed by atoms with Crippen molar-refractivity contribution in [3.05, 3.63) is 55.2 Å². The third-order valence-corrected chi connectivity index (χ3v) is 6.00. The van der Waals surface area contributed by atoms with Crippen LogP contribution in [0.5, 0.6) is 5.75 Å². The fourth-order valence-corrected chi connectivity index (χ4v) is 4.22. The van der Waals surface area contributed by atoms with Gasteiger partial charge in [0.05, 0.1) is 11.2 Å². The van der Waals surface area contributed by atoms with E-state index in [-0.39, 0.29) is 23.5 Å². The highest BCUT2D eigenvalue weighted by atomic mass is 16.5. The Bertz CT molecular complexity index is 945. The first-order chi connectivity index (χ1) is 14.3. The van der Waals surface area contributed by atoms with Crippen LogP contribution in [-0.4, -0.2) is 54.0 Å². The zero-order chi connectivity index (χ0) is 21.5. The number of nitrogens with one attached hydrogen (secondary N) is 2. The molecule has 0 aliphatic carbocycles. The minimum atomic E-state index is -0.333. The van der Waals surface area contributed by atoms with Crippen LogP contribution in [0, 0.1) is 0 Å². The van der Waals surface area contributed by atoms with Crippen molar-refractivity contribution >= 4 is 23.1 Å². The highest BCUT2D eigenvalue weighted by molar-refractivity contribution is 6.09. The van der Waals surface area contributed by atoms with E-state index in [1.165, 1.54) is 0 Å². The Morgan fingerprint density at radius 3 is 2.97 bits per heavy atom. The quantitative estimate of drug-likeness (QED) is 0.710. The Labute approximate surface area is 177 Å². The summed E-state index contributed by atoms with van der Waals surface area (Å²) in [5.74, 6) is 1.36. The Morgan fingerprint density at radius 1 is 1.47 bits per heavy atom. The maximum Gasteiger partial charge on any atom is 0.262 e. The molecule has 3 aliphatic heterocycles. The number of fused-ring (bicyclic) bond motifs is 3. The summed E-state index contributed by atoms with van der Waals surface area (Å²) < 4.78 is 5.83. The van der Waals surface area contributed by atoms with Crippen molar-refractivity contribution in [3.8, 4) is 5.75 Å². The lowest BCUT2D eigenvalue weighted by Crippen LogP contribution is -2.66. The summed E-state index contributed by atoms with van der Waals surface area (Å²) in [6.07, 6.45) is 5.70. The molecule has 2 atom stereocenters. The molecule has 0 saturated carbocycles. The topological polar surface area (TPSA) is 69.2 Å². The molecule has 2 N–H and O–H groups in total. The van der Waals surface area contributed by atoms with E-state index in [2.05, 4.69) is 47.7 Å². The molecule has 3 heterocycles. The molecule has 0 radical (unpaired) electrons. The van der Waals surface area contributed by atoms with Crippen molar-refractivity contribution in [2.45, 2.75) is 38.4 Å². The average molecular weight is 408 g/mol. The van der Waals surface area contributed by atoms with Crippen molar-refractivity contribution in [3.63, 3.8) is 0 Å². The zero-order valence-electron chi connectivity index (χ0n) is 17.8. The number of rotatable bonds is 6. The van der Waals surface area contributed by atoms with Crippen LogP contribution in [0.3, 0.4) is 0 Å². The van der Waals surface area contributed by atoms with Gasteiger partial charge in [-0.05, 0) is 44.5 Å². The molecule has 7 nitrogen and oxygen atoms in total. The van der Waals surface area contributed by atoms with Gasteiger partial charge in [0.1, 0.15) is 18.4 Å². The summed E-state index contributed by atoms with van der Waals surface area (Å²) >= 11 is 0. The third kappa shape index (κ3) is 3.61. The first-order valence-corrected chi connectivity index (χ1v) is 10.2. The molecule has 4 rings (SSSR count). The van der Waals surface area contributed by atoms with Gasteiger partial charge < -0.3 is 15.0 Å². The lowest BCUT2D eigenvalue weighted by molar-refractivity contribution is -0.122. The minimum absolute atomic E-state index is 0.0394. The highest BCUT2D eigenvalue weighted by Crippen LogP contribution is 2.38. The SMILES string of the molecule is C=CC=CC(=C)C(C)N1CC(C)(Nc2ccc3c(c2)N2C(=NNC(=O)C2C)CO3)C1. The van der Waals surface area contributed by atoms with E-state index in [4.69, 9.17) is 4.74 Å². The van der Waals surface area contributed by atoms with Gasteiger partial charge in [0.2, 0.25) is 0 Å². The summed E-state index contributed by atoms with van der Waals surface area (Å²) in [4.78, 5) is 16.5. The molecule has 0 bridgehead atoms. The second-order valence-corrected chi connectivity index (χ2v) is 8.46. The molecule has 1 fully saturated rings. The summed E-state index contributed by atoms with van der Waals surface area (Å²) in [5.41, 5.74) is 5.46. The first-order valence-electron chi connectivity index (χ1n) is 10.2. The molecule has 1 aromatic carbocycles. The van der Waals surface area contributed by atoms with Gasteiger partial charge in [-0.1, -0.05) is 31.4 Å². The number of likely N-dealkylation sites (tertiary alicyclic amines) is 1. The smallest absolute Gasteiger partial charge is 0.262 e. The fraction of sp³-hybridized carbons (Fsp3) is 0.391. The van der Waals surface area contributed by atoms with E-state index in [0.29, 0.717) is 12.4 Å². The lowest BCUT2D eigenvalue weighted by atomic mass is 9.88. The number of nitrogens with zero attached hydrogens (tertiary/aromatic N) is 3. The van der Waals surface area contributed by atoms with E-state index < -0.39 is 0 Å². The Balaban J connectivity index is 1.47. The number of carbonyl (C=O) groups excluding carboxylic acids is 1.